The quantitative estimate of drug-likeness (QED) is 0.795. The van der Waals surface area contributed by atoms with Crippen LogP contribution in [0, 0.1) is 0 Å². The highest BCUT2D eigenvalue weighted by Crippen LogP contribution is 2.23. The average molecular weight is 369 g/mol. The summed E-state index contributed by atoms with van der Waals surface area (Å²) in [5.41, 5.74) is 3.00. The second-order valence-corrected chi connectivity index (χ2v) is 7.48. The molecule has 128 valence electrons. The van der Waals surface area contributed by atoms with Crippen LogP contribution in [-0.4, -0.2) is 32.8 Å². The zero-order valence-electron chi connectivity index (χ0n) is 13.2. The number of halogens is 1. The molecule has 0 saturated carbocycles. The third-order valence-corrected chi connectivity index (χ3v) is 5.46. The predicted molar refractivity (Wildman–Crippen MR) is 91.0 cm³/mol. The van der Waals surface area contributed by atoms with Gasteiger partial charge in [0.1, 0.15) is 0 Å². The Morgan fingerprint density at radius 2 is 1.88 bits per heavy atom. The van der Waals surface area contributed by atoms with E-state index in [9.17, 15) is 13.2 Å². The van der Waals surface area contributed by atoms with Gasteiger partial charge in [0.2, 0.25) is 10.0 Å². The molecule has 0 atom stereocenters. The summed E-state index contributed by atoms with van der Waals surface area (Å²) in [6.07, 6.45) is 0. The van der Waals surface area contributed by atoms with Crippen molar-refractivity contribution in [3.63, 3.8) is 0 Å². The number of nitrogens with one attached hydrogen (secondary N) is 1. The summed E-state index contributed by atoms with van der Waals surface area (Å²) in [6, 6.07) is 13.2. The Kier molecular flexibility index (Phi) is 5.95. The fourth-order valence-corrected chi connectivity index (χ4v) is 3.48. The molecule has 0 bridgehead atoms. The van der Waals surface area contributed by atoms with Gasteiger partial charge in [0.25, 0.3) is 5.91 Å². The molecule has 8 heteroatoms. The van der Waals surface area contributed by atoms with E-state index in [1.165, 1.54) is 36.7 Å². The van der Waals surface area contributed by atoms with Crippen LogP contribution >= 0.6 is 11.6 Å². The van der Waals surface area contributed by atoms with Gasteiger partial charge in [-0.15, -0.1) is 0 Å². The molecule has 0 saturated heterocycles. The lowest BCUT2D eigenvalue weighted by Gasteiger charge is -2.18. The third-order valence-electron chi connectivity index (χ3n) is 3.33. The zero-order chi connectivity index (χ0) is 17.7. The van der Waals surface area contributed by atoms with Crippen molar-refractivity contribution < 1.29 is 18.0 Å². The normalized spacial score (nSPS) is 11.5. The van der Waals surface area contributed by atoms with Crippen molar-refractivity contribution in [2.75, 3.05) is 14.2 Å². The molecule has 1 N–H and O–H groups in total. The predicted octanol–water partition coefficient (Wildman–Crippen LogP) is 2.45. The number of hydrogen-bond donors (Lipinski definition) is 1. The number of benzene rings is 2. The monoisotopic (exact) mass is 368 g/mol. The van der Waals surface area contributed by atoms with E-state index in [0.717, 1.165) is 5.56 Å². The minimum atomic E-state index is -3.77. The first-order valence-electron chi connectivity index (χ1n) is 6.99. The Morgan fingerprint density at radius 3 is 2.50 bits per heavy atom. The van der Waals surface area contributed by atoms with Crippen LogP contribution in [0.3, 0.4) is 0 Å². The Morgan fingerprint density at radius 1 is 1.21 bits per heavy atom. The van der Waals surface area contributed by atoms with Crippen LogP contribution < -0.4 is 5.48 Å². The van der Waals surface area contributed by atoms with E-state index in [-0.39, 0.29) is 22.0 Å². The highest BCUT2D eigenvalue weighted by molar-refractivity contribution is 7.89. The second-order valence-electron chi connectivity index (χ2n) is 5.02. The zero-order valence-corrected chi connectivity index (χ0v) is 14.8. The van der Waals surface area contributed by atoms with Gasteiger partial charge in [-0.25, -0.2) is 13.9 Å². The molecule has 2 aromatic rings. The van der Waals surface area contributed by atoms with Crippen molar-refractivity contribution in [2.24, 2.45) is 0 Å². The largest absolute Gasteiger partial charge is 0.277 e. The molecule has 1 amide bonds. The number of nitrogens with zero attached hydrogens (tertiary/aromatic N) is 1. The van der Waals surface area contributed by atoms with E-state index in [1.54, 1.807) is 0 Å². The van der Waals surface area contributed by atoms with Crippen LogP contribution in [0.15, 0.2) is 53.4 Å². The van der Waals surface area contributed by atoms with Crippen LogP contribution in [0.25, 0.3) is 0 Å². The van der Waals surface area contributed by atoms with Gasteiger partial charge in [0, 0.05) is 13.6 Å². The Labute approximate surface area is 146 Å². The third kappa shape index (κ3) is 4.12. The van der Waals surface area contributed by atoms with E-state index >= 15 is 0 Å². The minimum absolute atomic E-state index is 0.0210. The summed E-state index contributed by atoms with van der Waals surface area (Å²) in [6.45, 7) is 0.214. The van der Waals surface area contributed by atoms with Crippen molar-refractivity contribution in [3.8, 4) is 0 Å². The molecule has 0 unspecified atom stereocenters. The number of rotatable bonds is 6. The fourth-order valence-electron chi connectivity index (χ4n) is 2.09. The molecule has 0 aliphatic carbocycles. The first-order valence-corrected chi connectivity index (χ1v) is 8.81. The molecule has 6 nitrogen and oxygen atoms in total. The van der Waals surface area contributed by atoms with Gasteiger partial charge in [-0.05, 0) is 23.8 Å². The lowest BCUT2D eigenvalue weighted by molar-refractivity contribution is 0.0537. The highest BCUT2D eigenvalue weighted by Gasteiger charge is 2.23. The molecule has 0 aliphatic heterocycles. The van der Waals surface area contributed by atoms with Crippen LogP contribution in [0.5, 0.6) is 0 Å². The Hall–Kier alpha value is -1.93. The van der Waals surface area contributed by atoms with Gasteiger partial charge in [-0.2, -0.15) is 4.31 Å². The maximum atomic E-state index is 12.7. The summed E-state index contributed by atoms with van der Waals surface area (Å²) < 4.78 is 26.6. The minimum Gasteiger partial charge on any atom is -0.277 e. The Balaban J connectivity index is 2.32. The van der Waals surface area contributed by atoms with E-state index in [2.05, 4.69) is 10.3 Å². The molecule has 2 rings (SSSR count). The van der Waals surface area contributed by atoms with Crippen LogP contribution in [-0.2, 0) is 21.4 Å². The van der Waals surface area contributed by atoms with Crippen molar-refractivity contribution in [1.82, 2.24) is 9.79 Å². The first kappa shape index (κ1) is 18.4. The number of hydrogen-bond acceptors (Lipinski definition) is 4. The summed E-state index contributed by atoms with van der Waals surface area (Å²) >= 11 is 5.96. The van der Waals surface area contributed by atoms with Gasteiger partial charge >= 0.3 is 0 Å². The molecule has 2 aromatic carbocycles. The highest BCUT2D eigenvalue weighted by atomic mass is 35.5. The van der Waals surface area contributed by atoms with Gasteiger partial charge < -0.3 is 0 Å². The number of carbonyl (C=O) groups is 1. The molecular formula is C16H17ClN2O4S. The Bertz CT molecular complexity index is 825. The summed E-state index contributed by atoms with van der Waals surface area (Å²) in [4.78, 5) is 16.4. The number of amides is 1. The van der Waals surface area contributed by atoms with Crippen molar-refractivity contribution in [1.29, 1.82) is 0 Å². The average Bonchev–Trinajstić information content (AvgIpc) is 2.56. The van der Waals surface area contributed by atoms with Crippen LogP contribution in [0.1, 0.15) is 15.9 Å². The van der Waals surface area contributed by atoms with Crippen molar-refractivity contribution in [2.45, 2.75) is 11.4 Å². The smallest absolute Gasteiger partial charge is 0.276 e. The van der Waals surface area contributed by atoms with Gasteiger partial charge in [-0.1, -0.05) is 41.9 Å². The number of sulfonamides is 1. The van der Waals surface area contributed by atoms with Crippen molar-refractivity contribution >= 4 is 27.5 Å². The van der Waals surface area contributed by atoms with Gasteiger partial charge in [0.15, 0.2) is 0 Å². The maximum absolute atomic E-state index is 12.7. The fraction of sp³-hybridized carbons (Fsp3) is 0.188. The lowest BCUT2D eigenvalue weighted by Crippen LogP contribution is -2.27. The summed E-state index contributed by atoms with van der Waals surface area (Å²) in [5, 5.41) is 0.134. The first-order chi connectivity index (χ1) is 11.4. The molecule has 0 spiro atoms. The molecule has 0 aliphatic rings. The van der Waals surface area contributed by atoms with Gasteiger partial charge in [-0.3, -0.25) is 9.63 Å². The topological polar surface area (TPSA) is 75.7 Å². The number of hydroxylamine groups is 1. The molecule has 0 radical (unpaired) electrons. The molecule has 0 heterocycles. The summed E-state index contributed by atoms with van der Waals surface area (Å²) in [7, 11) is -1.02. The molecule has 0 fully saturated rings. The van der Waals surface area contributed by atoms with Crippen LogP contribution in [0.2, 0.25) is 5.02 Å². The van der Waals surface area contributed by atoms with E-state index in [1.807, 2.05) is 30.3 Å². The lowest BCUT2D eigenvalue weighted by atomic mass is 10.2. The molecular weight excluding hydrogens is 352 g/mol. The van der Waals surface area contributed by atoms with Gasteiger partial charge in [0.05, 0.1) is 22.6 Å². The van der Waals surface area contributed by atoms with Crippen molar-refractivity contribution in [3.05, 3.63) is 64.7 Å². The maximum Gasteiger partial charge on any atom is 0.276 e. The molecule has 24 heavy (non-hydrogen) atoms. The summed E-state index contributed by atoms with van der Waals surface area (Å²) in [5.74, 6) is -0.620. The van der Waals surface area contributed by atoms with Crippen LogP contribution in [0.4, 0.5) is 0 Å². The van der Waals surface area contributed by atoms with E-state index in [0.29, 0.717) is 0 Å². The van der Waals surface area contributed by atoms with E-state index in [4.69, 9.17) is 11.6 Å². The van der Waals surface area contributed by atoms with E-state index < -0.39 is 15.9 Å². The second kappa shape index (κ2) is 7.76. The standard InChI is InChI=1S/C16H17ClN2O4S/c1-19(11-12-6-4-3-5-7-12)24(21,22)13-8-9-15(17)14(10-13)16(20)18-23-2/h3-10H,11H2,1-2H3,(H,18,20). The SMILES string of the molecule is CONC(=O)c1cc(S(=O)(=O)N(C)Cc2ccccc2)ccc1Cl. The number of carbonyl (C=O) groups excluding carboxylic acids is 1. The molecule has 0 aromatic heterocycles.